The molecule has 0 unspecified atom stereocenters. The van der Waals surface area contributed by atoms with Crippen molar-refractivity contribution in [2.75, 3.05) is 20.6 Å². The van der Waals surface area contributed by atoms with Crippen molar-refractivity contribution in [1.29, 1.82) is 0 Å². The van der Waals surface area contributed by atoms with Crippen molar-refractivity contribution in [2.24, 2.45) is 0 Å². The molecule has 19 heavy (non-hydrogen) atoms. The van der Waals surface area contributed by atoms with E-state index in [1.165, 1.54) is 18.2 Å². The fourth-order valence-electron chi connectivity index (χ4n) is 1.75. The molecule has 5 heteroatoms. The Bertz CT molecular complexity index is 673. The molecule has 0 aliphatic rings. The van der Waals surface area contributed by atoms with Crippen LogP contribution in [0.25, 0.3) is 11.0 Å². The smallest absolute Gasteiger partial charge is 0.347 e. The summed E-state index contributed by atoms with van der Waals surface area (Å²) in [7, 11) is 3.72. The summed E-state index contributed by atoms with van der Waals surface area (Å²) in [6.45, 7) is 0.575. The monoisotopic (exact) mass is 261 g/mol. The highest BCUT2D eigenvalue weighted by molar-refractivity contribution is 5.98. The number of nitrogens with zero attached hydrogens (tertiary/aromatic N) is 1. The molecular formula is C14H15NO4. The van der Waals surface area contributed by atoms with E-state index in [1.54, 1.807) is 6.07 Å². The number of hydrogen-bond acceptors (Lipinski definition) is 5. The molecule has 1 N–H and O–H groups in total. The van der Waals surface area contributed by atoms with Crippen LogP contribution in [0.15, 0.2) is 33.5 Å². The third-order valence-electron chi connectivity index (χ3n) is 2.81. The van der Waals surface area contributed by atoms with Gasteiger partial charge in [0.05, 0.1) is 0 Å². The van der Waals surface area contributed by atoms with Gasteiger partial charge in [-0.1, -0.05) is 0 Å². The van der Waals surface area contributed by atoms with Gasteiger partial charge in [0.2, 0.25) is 0 Å². The van der Waals surface area contributed by atoms with Gasteiger partial charge in [0.25, 0.3) is 0 Å². The van der Waals surface area contributed by atoms with Crippen LogP contribution in [0.3, 0.4) is 0 Å². The molecular weight excluding hydrogens is 246 g/mol. The predicted molar refractivity (Wildman–Crippen MR) is 71.7 cm³/mol. The molecule has 5 nitrogen and oxygen atoms in total. The molecule has 0 saturated heterocycles. The lowest BCUT2D eigenvalue weighted by atomic mass is 10.1. The Morgan fingerprint density at radius 2 is 2.05 bits per heavy atom. The van der Waals surface area contributed by atoms with Crippen LogP contribution in [0, 0.1) is 0 Å². The first-order chi connectivity index (χ1) is 8.97. The van der Waals surface area contributed by atoms with Gasteiger partial charge < -0.3 is 14.4 Å². The van der Waals surface area contributed by atoms with Crippen molar-refractivity contribution in [1.82, 2.24) is 4.90 Å². The third kappa shape index (κ3) is 3.00. The Kier molecular flexibility index (Phi) is 3.66. The molecule has 0 amide bonds. The number of phenols is 1. The van der Waals surface area contributed by atoms with Crippen LogP contribution in [0.2, 0.25) is 0 Å². The first kappa shape index (κ1) is 13.3. The second-order valence-electron chi connectivity index (χ2n) is 4.65. The van der Waals surface area contributed by atoms with Crippen LogP contribution < -0.4 is 5.63 Å². The van der Waals surface area contributed by atoms with Crippen LogP contribution >= 0.6 is 0 Å². The molecule has 1 aromatic carbocycles. The van der Waals surface area contributed by atoms with E-state index in [0.29, 0.717) is 11.9 Å². The predicted octanol–water partition coefficient (Wildman–Crippen LogP) is 1.63. The topological polar surface area (TPSA) is 70.8 Å². The van der Waals surface area contributed by atoms with Crippen molar-refractivity contribution >= 4 is 16.8 Å². The zero-order valence-corrected chi connectivity index (χ0v) is 10.8. The van der Waals surface area contributed by atoms with Gasteiger partial charge >= 0.3 is 5.63 Å². The summed E-state index contributed by atoms with van der Waals surface area (Å²) in [5.74, 6) is -0.222. The average molecular weight is 261 g/mol. The first-order valence-corrected chi connectivity index (χ1v) is 5.92. The lowest BCUT2D eigenvalue weighted by Crippen LogP contribution is -2.20. The van der Waals surface area contributed by atoms with Crippen molar-refractivity contribution in [3.63, 3.8) is 0 Å². The van der Waals surface area contributed by atoms with Gasteiger partial charge in [-0.15, -0.1) is 0 Å². The number of carbonyl (C=O) groups is 1. The summed E-state index contributed by atoms with van der Waals surface area (Å²) >= 11 is 0. The summed E-state index contributed by atoms with van der Waals surface area (Å²) < 4.78 is 5.05. The van der Waals surface area contributed by atoms with Crippen molar-refractivity contribution in [3.8, 4) is 5.75 Å². The molecule has 0 saturated carbocycles. The number of carbonyl (C=O) groups excluding carboxylic acids is 1. The summed E-state index contributed by atoms with van der Waals surface area (Å²) in [6.07, 6.45) is 0.265. The van der Waals surface area contributed by atoms with Crippen LogP contribution in [-0.2, 0) is 0 Å². The molecule has 1 aromatic heterocycles. The number of aromatic hydroxyl groups is 1. The highest BCUT2D eigenvalue weighted by Gasteiger charge is 2.14. The number of Topliss-reactive ketones (excluding diaryl/α,β-unsaturated/α-hetero) is 1. The van der Waals surface area contributed by atoms with Crippen molar-refractivity contribution < 1.29 is 14.3 Å². The molecule has 0 bridgehead atoms. The molecule has 1 heterocycles. The standard InChI is InChI=1S/C14H15NO4/c1-15(2)6-5-12(17)11-7-9-3-4-10(16)8-13(9)19-14(11)18/h3-4,7-8,16H,5-6H2,1-2H3. The molecule has 0 aliphatic carbocycles. The SMILES string of the molecule is CN(C)CCC(=O)c1cc2ccc(O)cc2oc1=O. The Morgan fingerprint density at radius 1 is 1.32 bits per heavy atom. The lowest BCUT2D eigenvalue weighted by Gasteiger charge is -2.08. The van der Waals surface area contributed by atoms with Gasteiger partial charge in [-0.05, 0) is 32.3 Å². The van der Waals surface area contributed by atoms with Crippen molar-refractivity contribution in [3.05, 3.63) is 40.2 Å². The Morgan fingerprint density at radius 3 is 2.74 bits per heavy atom. The highest BCUT2D eigenvalue weighted by Crippen LogP contribution is 2.19. The second kappa shape index (κ2) is 5.24. The number of fused-ring (bicyclic) bond motifs is 1. The van der Waals surface area contributed by atoms with Gasteiger partial charge in [-0.3, -0.25) is 4.79 Å². The molecule has 0 radical (unpaired) electrons. The molecule has 0 fully saturated rings. The van der Waals surface area contributed by atoms with E-state index in [0.717, 1.165) is 0 Å². The van der Waals surface area contributed by atoms with E-state index >= 15 is 0 Å². The number of phenolic OH excluding ortho intramolecular Hbond substituents is 1. The van der Waals surface area contributed by atoms with E-state index in [9.17, 15) is 14.7 Å². The minimum atomic E-state index is -0.665. The Labute approximate surface area is 110 Å². The molecule has 0 aliphatic heterocycles. The maximum atomic E-state index is 11.9. The maximum absolute atomic E-state index is 11.9. The fraction of sp³-hybridized carbons (Fsp3) is 0.286. The minimum absolute atomic E-state index is 0.0161. The van der Waals surface area contributed by atoms with E-state index in [1.807, 2.05) is 19.0 Å². The quantitative estimate of drug-likeness (QED) is 0.669. The summed E-state index contributed by atoms with van der Waals surface area (Å²) in [6, 6.07) is 5.95. The third-order valence-corrected chi connectivity index (χ3v) is 2.81. The minimum Gasteiger partial charge on any atom is -0.508 e. The molecule has 0 atom stereocenters. The summed E-state index contributed by atoms with van der Waals surface area (Å²) in [5.41, 5.74) is -0.337. The molecule has 100 valence electrons. The number of rotatable bonds is 4. The van der Waals surface area contributed by atoms with Crippen molar-refractivity contribution in [2.45, 2.75) is 6.42 Å². The average Bonchev–Trinajstić information content (AvgIpc) is 2.35. The van der Waals surface area contributed by atoms with Gasteiger partial charge in [0.1, 0.15) is 16.9 Å². The number of benzene rings is 1. The van der Waals surface area contributed by atoms with Crippen LogP contribution in [0.4, 0.5) is 0 Å². The largest absolute Gasteiger partial charge is 0.508 e. The Hall–Kier alpha value is -2.14. The van der Waals surface area contributed by atoms with Crippen LogP contribution in [0.1, 0.15) is 16.8 Å². The van der Waals surface area contributed by atoms with Gasteiger partial charge in [-0.2, -0.15) is 0 Å². The number of ketones is 1. The van der Waals surface area contributed by atoms with E-state index in [2.05, 4.69) is 0 Å². The van der Waals surface area contributed by atoms with E-state index in [-0.39, 0.29) is 29.1 Å². The maximum Gasteiger partial charge on any atom is 0.347 e. The fourth-order valence-corrected chi connectivity index (χ4v) is 1.75. The van der Waals surface area contributed by atoms with Crippen LogP contribution in [-0.4, -0.2) is 36.4 Å². The zero-order valence-electron chi connectivity index (χ0n) is 10.8. The van der Waals surface area contributed by atoms with Gasteiger partial charge in [-0.25, -0.2) is 4.79 Å². The number of hydrogen-bond donors (Lipinski definition) is 1. The molecule has 0 spiro atoms. The van der Waals surface area contributed by atoms with E-state index < -0.39 is 5.63 Å². The second-order valence-corrected chi connectivity index (χ2v) is 4.65. The first-order valence-electron chi connectivity index (χ1n) is 5.92. The normalized spacial score (nSPS) is 11.1. The van der Waals surface area contributed by atoms with Gasteiger partial charge in [0, 0.05) is 24.4 Å². The molecule has 2 rings (SSSR count). The zero-order chi connectivity index (χ0) is 14.0. The van der Waals surface area contributed by atoms with Gasteiger partial charge in [0.15, 0.2) is 5.78 Å². The highest BCUT2D eigenvalue weighted by atomic mass is 16.4. The lowest BCUT2D eigenvalue weighted by molar-refractivity contribution is 0.0969. The summed E-state index contributed by atoms with van der Waals surface area (Å²) in [4.78, 5) is 25.6. The molecule has 2 aromatic rings. The van der Waals surface area contributed by atoms with Crippen LogP contribution in [0.5, 0.6) is 5.75 Å². The Balaban J connectivity index is 2.39. The van der Waals surface area contributed by atoms with E-state index in [4.69, 9.17) is 4.42 Å². The summed E-state index contributed by atoms with van der Waals surface area (Å²) in [5, 5.41) is 9.93.